The zero-order chi connectivity index (χ0) is 16.9. The van der Waals surface area contributed by atoms with Crippen molar-refractivity contribution in [1.82, 2.24) is 15.2 Å². The maximum atomic E-state index is 12.7. The predicted molar refractivity (Wildman–Crippen MR) is 94.3 cm³/mol. The Morgan fingerprint density at radius 2 is 2.12 bits per heavy atom. The molecule has 0 atom stereocenters. The third kappa shape index (κ3) is 3.98. The summed E-state index contributed by atoms with van der Waals surface area (Å²) >= 11 is 0. The van der Waals surface area contributed by atoms with Crippen molar-refractivity contribution >= 4 is 11.8 Å². The number of ether oxygens (including phenoxy) is 1. The van der Waals surface area contributed by atoms with Gasteiger partial charge in [-0.25, -0.2) is 9.78 Å². The number of anilines is 1. The third-order valence-corrected chi connectivity index (χ3v) is 4.93. The Morgan fingerprint density at radius 3 is 2.88 bits per heavy atom. The summed E-state index contributed by atoms with van der Waals surface area (Å²) in [6.45, 7) is 5.55. The quantitative estimate of drug-likeness (QED) is 0.919. The highest BCUT2D eigenvalue weighted by atomic mass is 16.5. The summed E-state index contributed by atoms with van der Waals surface area (Å²) in [5, 5.41) is 3.20. The Bertz CT molecular complexity index is 572. The molecule has 0 aromatic carbocycles. The Hall–Kier alpha value is -1.82. The van der Waals surface area contributed by atoms with E-state index in [1.165, 1.54) is 12.8 Å². The molecule has 2 heterocycles. The van der Waals surface area contributed by atoms with Crippen LogP contribution in [0, 0.1) is 6.92 Å². The van der Waals surface area contributed by atoms with Gasteiger partial charge in [0.15, 0.2) is 0 Å². The SMILES string of the molecule is COCCN1CCN(C(=O)NC2CCCC2)Cc2ccc(C)nc21. The van der Waals surface area contributed by atoms with Gasteiger partial charge in [0.1, 0.15) is 5.82 Å². The van der Waals surface area contributed by atoms with Gasteiger partial charge in [-0.3, -0.25) is 0 Å². The number of fused-ring (bicyclic) bond motifs is 1. The summed E-state index contributed by atoms with van der Waals surface area (Å²) in [5.41, 5.74) is 2.11. The second-order valence-electron chi connectivity index (χ2n) is 6.77. The van der Waals surface area contributed by atoms with Crippen LogP contribution >= 0.6 is 0 Å². The number of nitrogens with one attached hydrogen (secondary N) is 1. The van der Waals surface area contributed by atoms with Gasteiger partial charge in [-0.15, -0.1) is 0 Å². The largest absolute Gasteiger partial charge is 0.383 e. The van der Waals surface area contributed by atoms with Crippen molar-refractivity contribution < 1.29 is 9.53 Å². The highest BCUT2D eigenvalue weighted by Crippen LogP contribution is 2.24. The average Bonchev–Trinajstić information content (AvgIpc) is 3.01. The molecule has 1 fully saturated rings. The normalized spacial score (nSPS) is 18.4. The minimum Gasteiger partial charge on any atom is -0.383 e. The molecule has 0 unspecified atom stereocenters. The molecule has 2 aliphatic rings. The molecule has 0 bridgehead atoms. The molecule has 6 heteroatoms. The van der Waals surface area contributed by atoms with Crippen molar-refractivity contribution in [2.75, 3.05) is 38.3 Å². The van der Waals surface area contributed by atoms with Crippen molar-refractivity contribution in [3.05, 3.63) is 23.4 Å². The van der Waals surface area contributed by atoms with Crippen LogP contribution in [0.15, 0.2) is 12.1 Å². The first kappa shape index (κ1) is 17.0. The van der Waals surface area contributed by atoms with Crippen LogP contribution in [-0.2, 0) is 11.3 Å². The number of hydrogen-bond acceptors (Lipinski definition) is 4. The molecule has 0 saturated heterocycles. The maximum absolute atomic E-state index is 12.7. The molecule has 0 spiro atoms. The highest BCUT2D eigenvalue weighted by molar-refractivity contribution is 5.75. The summed E-state index contributed by atoms with van der Waals surface area (Å²) in [4.78, 5) is 21.5. The van der Waals surface area contributed by atoms with E-state index in [-0.39, 0.29) is 6.03 Å². The van der Waals surface area contributed by atoms with E-state index in [0.717, 1.165) is 43.0 Å². The zero-order valence-electron chi connectivity index (χ0n) is 14.8. The zero-order valence-corrected chi connectivity index (χ0v) is 14.8. The summed E-state index contributed by atoms with van der Waals surface area (Å²) in [6.07, 6.45) is 4.66. The number of aryl methyl sites for hydroxylation is 1. The molecule has 1 saturated carbocycles. The van der Waals surface area contributed by atoms with Gasteiger partial charge >= 0.3 is 6.03 Å². The van der Waals surface area contributed by atoms with E-state index in [1.807, 2.05) is 17.9 Å². The van der Waals surface area contributed by atoms with Gasteiger partial charge in [-0.2, -0.15) is 0 Å². The van der Waals surface area contributed by atoms with Crippen molar-refractivity contribution in [2.24, 2.45) is 0 Å². The molecular weight excluding hydrogens is 304 g/mol. The Morgan fingerprint density at radius 1 is 1.33 bits per heavy atom. The number of methoxy groups -OCH3 is 1. The van der Waals surface area contributed by atoms with Crippen LogP contribution in [-0.4, -0.2) is 55.3 Å². The topological polar surface area (TPSA) is 57.7 Å². The highest BCUT2D eigenvalue weighted by Gasteiger charge is 2.26. The Balaban J connectivity index is 1.74. The summed E-state index contributed by atoms with van der Waals surface area (Å²) < 4.78 is 5.23. The van der Waals surface area contributed by atoms with Crippen LogP contribution in [0.4, 0.5) is 10.6 Å². The molecule has 1 aliphatic heterocycles. The first-order chi connectivity index (χ1) is 11.7. The van der Waals surface area contributed by atoms with E-state index in [1.54, 1.807) is 7.11 Å². The molecular formula is C18H28N4O2. The lowest BCUT2D eigenvalue weighted by Crippen LogP contribution is -2.45. The second-order valence-corrected chi connectivity index (χ2v) is 6.77. The van der Waals surface area contributed by atoms with E-state index in [9.17, 15) is 4.79 Å². The number of urea groups is 1. The third-order valence-electron chi connectivity index (χ3n) is 4.93. The summed E-state index contributed by atoms with van der Waals surface area (Å²) in [6, 6.07) is 4.52. The molecule has 1 N–H and O–H groups in total. The van der Waals surface area contributed by atoms with Gasteiger partial charge in [0.05, 0.1) is 13.2 Å². The van der Waals surface area contributed by atoms with Gasteiger partial charge < -0.3 is 19.9 Å². The van der Waals surface area contributed by atoms with Crippen molar-refractivity contribution in [3.63, 3.8) is 0 Å². The molecule has 1 aromatic heterocycles. The minimum atomic E-state index is 0.0574. The van der Waals surface area contributed by atoms with Crippen LogP contribution < -0.4 is 10.2 Å². The number of aromatic nitrogens is 1. The molecule has 3 rings (SSSR count). The van der Waals surface area contributed by atoms with Crippen molar-refractivity contribution in [1.29, 1.82) is 0 Å². The smallest absolute Gasteiger partial charge is 0.317 e. The molecule has 132 valence electrons. The molecule has 6 nitrogen and oxygen atoms in total. The van der Waals surface area contributed by atoms with Gasteiger partial charge in [0.25, 0.3) is 0 Å². The van der Waals surface area contributed by atoms with Crippen LogP contribution in [0.5, 0.6) is 0 Å². The first-order valence-corrected chi connectivity index (χ1v) is 8.93. The van der Waals surface area contributed by atoms with E-state index < -0.39 is 0 Å². The minimum absolute atomic E-state index is 0.0574. The Labute approximate surface area is 144 Å². The molecule has 1 aliphatic carbocycles. The maximum Gasteiger partial charge on any atom is 0.317 e. The fourth-order valence-corrected chi connectivity index (χ4v) is 3.53. The van der Waals surface area contributed by atoms with E-state index >= 15 is 0 Å². The summed E-state index contributed by atoms with van der Waals surface area (Å²) in [5.74, 6) is 0.989. The fourth-order valence-electron chi connectivity index (χ4n) is 3.53. The monoisotopic (exact) mass is 332 g/mol. The molecule has 0 radical (unpaired) electrons. The van der Waals surface area contributed by atoms with Gasteiger partial charge in [-0.05, 0) is 25.8 Å². The molecule has 24 heavy (non-hydrogen) atoms. The van der Waals surface area contributed by atoms with Crippen molar-refractivity contribution in [2.45, 2.75) is 45.2 Å². The predicted octanol–water partition coefficient (Wildman–Crippen LogP) is 2.31. The number of nitrogens with zero attached hydrogens (tertiary/aromatic N) is 3. The van der Waals surface area contributed by atoms with E-state index in [0.29, 0.717) is 25.7 Å². The summed E-state index contributed by atoms with van der Waals surface area (Å²) in [7, 11) is 1.71. The van der Waals surface area contributed by atoms with Gasteiger partial charge in [0.2, 0.25) is 0 Å². The first-order valence-electron chi connectivity index (χ1n) is 8.93. The van der Waals surface area contributed by atoms with Crippen molar-refractivity contribution in [3.8, 4) is 0 Å². The number of rotatable bonds is 4. The average molecular weight is 332 g/mol. The number of hydrogen-bond donors (Lipinski definition) is 1. The number of carbonyl (C=O) groups excluding carboxylic acids is 1. The molecule has 1 aromatic rings. The van der Waals surface area contributed by atoms with Crippen LogP contribution in [0.25, 0.3) is 0 Å². The number of amides is 2. The lowest BCUT2D eigenvalue weighted by Gasteiger charge is -2.24. The van der Waals surface area contributed by atoms with Crippen LogP contribution in [0.3, 0.4) is 0 Å². The van der Waals surface area contributed by atoms with Crippen LogP contribution in [0.2, 0.25) is 0 Å². The fraction of sp³-hybridized carbons (Fsp3) is 0.667. The van der Waals surface area contributed by atoms with Gasteiger partial charge in [-0.1, -0.05) is 18.9 Å². The van der Waals surface area contributed by atoms with E-state index in [2.05, 4.69) is 16.3 Å². The lowest BCUT2D eigenvalue weighted by molar-refractivity contribution is 0.192. The van der Waals surface area contributed by atoms with Crippen LogP contribution in [0.1, 0.15) is 36.9 Å². The number of pyridine rings is 1. The Kier molecular flexibility index (Phi) is 5.56. The van der Waals surface area contributed by atoms with E-state index in [4.69, 9.17) is 9.72 Å². The standard InChI is InChI=1S/C18H28N4O2/c1-14-7-8-15-13-22(18(23)20-16-5-3-4-6-16)10-9-21(11-12-24-2)17(15)19-14/h7-8,16H,3-6,9-13H2,1-2H3,(H,20,23). The van der Waals surface area contributed by atoms with Gasteiger partial charge in [0, 0.05) is 44.0 Å². The number of carbonyl (C=O) groups is 1. The lowest BCUT2D eigenvalue weighted by atomic mass is 10.2. The second kappa shape index (κ2) is 7.83. The molecule has 2 amide bonds.